The molecule has 0 aliphatic heterocycles. The van der Waals surface area contributed by atoms with Crippen LogP contribution in [0, 0.1) is 0 Å². The first kappa shape index (κ1) is 23.8. The van der Waals surface area contributed by atoms with Gasteiger partial charge in [0.05, 0.1) is 16.2 Å². The van der Waals surface area contributed by atoms with E-state index in [0.29, 0.717) is 42.5 Å². The summed E-state index contributed by atoms with van der Waals surface area (Å²) in [4.78, 5) is 18.4. The fourth-order valence-electron chi connectivity index (χ4n) is 3.48. The number of carbonyl (C=O) groups excluding carboxylic acids is 1. The molecule has 4 rings (SSSR count). The smallest absolute Gasteiger partial charge is 0.255 e. The molecule has 2 aromatic carbocycles. The molecule has 0 spiro atoms. The van der Waals surface area contributed by atoms with E-state index in [1.165, 1.54) is 39.9 Å². The summed E-state index contributed by atoms with van der Waals surface area (Å²) in [5.74, 6) is 0.631. The Morgan fingerprint density at radius 3 is 2.44 bits per heavy atom. The second-order valence-electron chi connectivity index (χ2n) is 7.39. The molecule has 34 heavy (non-hydrogen) atoms. The van der Waals surface area contributed by atoms with E-state index in [1.54, 1.807) is 19.9 Å². The van der Waals surface area contributed by atoms with E-state index in [2.05, 4.69) is 15.5 Å². The number of thiophene rings is 1. The second-order valence-corrected chi connectivity index (χ2v) is 10.3. The fourth-order valence-corrected chi connectivity index (χ4v) is 5.58. The molecule has 0 radical (unpaired) electrons. The summed E-state index contributed by atoms with van der Waals surface area (Å²) in [5, 5.41) is 8.87. The van der Waals surface area contributed by atoms with Gasteiger partial charge in [0.2, 0.25) is 21.7 Å². The van der Waals surface area contributed by atoms with Crippen LogP contribution in [0.15, 0.2) is 75.5 Å². The number of hydrogen-bond acceptors (Lipinski definition) is 7. The van der Waals surface area contributed by atoms with Crippen LogP contribution in [0.25, 0.3) is 10.7 Å². The van der Waals surface area contributed by atoms with Crippen molar-refractivity contribution >= 4 is 33.0 Å². The Labute approximate surface area is 202 Å². The summed E-state index contributed by atoms with van der Waals surface area (Å²) < 4.78 is 32.1. The van der Waals surface area contributed by atoms with Gasteiger partial charge >= 0.3 is 0 Å². The number of carbonyl (C=O) groups is 1. The third-order valence-electron chi connectivity index (χ3n) is 5.28. The first-order valence-electron chi connectivity index (χ1n) is 10.8. The van der Waals surface area contributed by atoms with E-state index < -0.39 is 10.0 Å². The Hall–Kier alpha value is -3.34. The Balaban J connectivity index is 1.49. The van der Waals surface area contributed by atoms with E-state index in [-0.39, 0.29) is 10.8 Å². The molecule has 10 heteroatoms. The van der Waals surface area contributed by atoms with Gasteiger partial charge in [-0.05, 0) is 47.3 Å². The molecule has 0 saturated heterocycles. The molecule has 176 valence electrons. The van der Waals surface area contributed by atoms with Crippen molar-refractivity contribution in [1.29, 1.82) is 0 Å². The summed E-state index contributed by atoms with van der Waals surface area (Å²) in [6, 6.07) is 17.2. The maximum absolute atomic E-state index is 12.9. The summed E-state index contributed by atoms with van der Waals surface area (Å²) in [5.41, 5.74) is 1.78. The lowest BCUT2D eigenvalue weighted by molar-refractivity contribution is 0.102. The highest BCUT2D eigenvalue weighted by molar-refractivity contribution is 7.89. The van der Waals surface area contributed by atoms with Crippen molar-refractivity contribution in [3.63, 3.8) is 0 Å². The highest BCUT2D eigenvalue weighted by atomic mass is 32.2. The van der Waals surface area contributed by atoms with Crippen LogP contribution in [0.5, 0.6) is 0 Å². The van der Waals surface area contributed by atoms with Crippen molar-refractivity contribution in [3.05, 3.63) is 83.1 Å². The third-order valence-corrected chi connectivity index (χ3v) is 8.21. The zero-order valence-electron chi connectivity index (χ0n) is 18.8. The minimum Gasteiger partial charge on any atom is -0.339 e. The predicted molar refractivity (Wildman–Crippen MR) is 131 cm³/mol. The zero-order chi connectivity index (χ0) is 24.1. The Kier molecular flexibility index (Phi) is 7.20. The van der Waals surface area contributed by atoms with Gasteiger partial charge in [-0.15, -0.1) is 11.3 Å². The van der Waals surface area contributed by atoms with Crippen LogP contribution in [0.4, 0.5) is 5.69 Å². The van der Waals surface area contributed by atoms with Crippen LogP contribution in [0.2, 0.25) is 0 Å². The van der Waals surface area contributed by atoms with E-state index in [0.717, 1.165) is 10.4 Å². The largest absolute Gasteiger partial charge is 0.339 e. The van der Waals surface area contributed by atoms with Crippen LogP contribution >= 0.6 is 11.3 Å². The van der Waals surface area contributed by atoms with Crippen LogP contribution in [-0.2, 0) is 16.4 Å². The third kappa shape index (κ3) is 5.09. The number of nitrogens with one attached hydrogen (secondary N) is 1. The summed E-state index contributed by atoms with van der Waals surface area (Å²) in [6.07, 6.45) is 0.357. The number of amides is 1. The van der Waals surface area contributed by atoms with Crippen molar-refractivity contribution in [2.75, 3.05) is 18.4 Å². The number of nitrogens with zero attached hydrogens (tertiary/aromatic N) is 3. The molecular weight excluding hydrogens is 472 g/mol. The number of rotatable bonds is 9. The molecule has 2 aromatic heterocycles. The first-order chi connectivity index (χ1) is 16.4. The zero-order valence-corrected chi connectivity index (χ0v) is 20.4. The minimum atomic E-state index is -3.58. The van der Waals surface area contributed by atoms with Gasteiger partial charge in [-0.25, -0.2) is 8.42 Å². The Bertz CT molecular complexity index is 1360. The molecule has 0 bridgehead atoms. The molecule has 2 heterocycles. The molecule has 1 amide bonds. The first-order valence-corrected chi connectivity index (χ1v) is 13.1. The molecule has 0 unspecified atom stereocenters. The topological polar surface area (TPSA) is 105 Å². The highest BCUT2D eigenvalue weighted by Gasteiger charge is 2.22. The number of benzene rings is 2. The average molecular weight is 497 g/mol. The normalized spacial score (nSPS) is 11.6. The SMILES string of the molecule is CCN(CC)S(=O)(=O)c1ccc(C(=O)Nc2ccccc2Cc2nc(-c3cccs3)no2)cc1. The van der Waals surface area contributed by atoms with Crippen molar-refractivity contribution in [3.8, 4) is 10.7 Å². The van der Waals surface area contributed by atoms with Gasteiger partial charge in [0.25, 0.3) is 5.91 Å². The minimum absolute atomic E-state index is 0.158. The van der Waals surface area contributed by atoms with Gasteiger partial charge in [-0.2, -0.15) is 9.29 Å². The Morgan fingerprint density at radius 1 is 1.03 bits per heavy atom. The van der Waals surface area contributed by atoms with Crippen LogP contribution < -0.4 is 5.32 Å². The van der Waals surface area contributed by atoms with Crippen LogP contribution in [-0.4, -0.2) is 41.9 Å². The summed E-state index contributed by atoms with van der Waals surface area (Å²) in [6.45, 7) is 4.34. The molecule has 0 atom stereocenters. The average Bonchev–Trinajstić information content (AvgIpc) is 3.53. The Morgan fingerprint density at radius 2 is 1.76 bits per heavy atom. The van der Waals surface area contributed by atoms with Crippen molar-refractivity contribution < 1.29 is 17.7 Å². The standard InChI is InChI=1S/C24H24N4O4S2/c1-3-28(4-2)34(30,31)19-13-11-17(12-14-19)24(29)25-20-9-6-5-8-18(20)16-22-26-23(27-32-22)21-10-7-15-33-21/h5-15H,3-4,16H2,1-2H3,(H,25,29). The van der Waals surface area contributed by atoms with Crippen molar-refractivity contribution in [1.82, 2.24) is 14.4 Å². The molecule has 0 aliphatic rings. The van der Waals surface area contributed by atoms with Gasteiger partial charge in [0.1, 0.15) is 0 Å². The van der Waals surface area contributed by atoms with Crippen LogP contribution in [0.3, 0.4) is 0 Å². The van der Waals surface area contributed by atoms with E-state index in [9.17, 15) is 13.2 Å². The van der Waals surface area contributed by atoms with Gasteiger partial charge in [0, 0.05) is 24.3 Å². The molecule has 0 fully saturated rings. The van der Waals surface area contributed by atoms with Gasteiger partial charge in [0.15, 0.2) is 0 Å². The van der Waals surface area contributed by atoms with Crippen LogP contribution in [0.1, 0.15) is 35.7 Å². The number of anilines is 1. The maximum atomic E-state index is 12.9. The number of hydrogen-bond donors (Lipinski definition) is 1. The van der Waals surface area contributed by atoms with E-state index in [4.69, 9.17) is 4.52 Å². The van der Waals surface area contributed by atoms with Gasteiger partial charge < -0.3 is 9.84 Å². The lowest BCUT2D eigenvalue weighted by Gasteiger charge is -2.18. The summed E-state index contributed by atoms with van der Waals surface area (Å²) >= 11 is 1.53. The molecule has 0 saturated carbocycles. The number of sulfonamides is 1. The quantitative estimate of drug-likeness (QED) is 0.361. The summed E-state index contributed by atoms with van der Waals surface area (Å²) in [7, 11) is -3.58. The fraction of sp³-hybridized carbons (Fsp3) is 0.208. The molecular formula is C24H24N4O4S2. The van der Waals surface area contributed by atoms with Crippen molar-refractivity contribution in [2.24, 2.45) is 0 Å². The monoisotopic (exact) mass is 496 g/mol. The van der Waals surface area contributed by atoms with E-state index in [1.807, 2.05) is 35.7 Å². The molecule has 0 aliphatic carbocycles. The lowest BCUT2D eigenvalue weighted by atomic mass is 10.1. The molecule has 8 nitrogen and oxygen atoms in total. The predicted octanol–water partition coefficient (Wildman–Crippen LogP) is 4.67. The lowest BCUT2D eigenvalue weighted by Crippen LogP contribution is -2.30. The van der Waals surface area contributed by atoms with E-state index >= 15 is 0 Å². The number of aromatic nitrogens is 2. The maximum Gasteiger partial charge on any atom is 0.255 e. The highest BCUT2D eigenvalue weighted by Crippen LogP contribution is 2.24. The van der Waals surface area contributed by atoms with Crippen molar-refractivity contribution in [2.45, 2.75) is 25.2 Å². The second kappa shape index (κ2) is 10.3. The molecule has 1 N–H and O–H groups in total. The van der Waals surface area contributed by atoms with Gasteiger partial charge in [-0.1, -0.05) is 43.3 Å². The number of para-hydroxylation sites is 1. The van der Waals surface area contributed by atoms with Gasteiger partial charge in [-0.3, -0.25) is 4.79 Å². The molecule has 4 aromatic rings.